The van der Waals surface area contributed by atoms with Gasteiger partial charge in [-0.3, -0.25) is 4.98 Å². The van der Waals surface area contributed by atoms with Gasteiger partial charge in [0.25, 0.3) is 0 Å². The Morgan fingerprint density at radius 2 is 1.74 bits per heavy atom. The summed E-state index contributed by atoms with van der Waals surface area (Å²) in [5, 5.41) is 3.54. The van der Waals surface area contributed by atoms with Gasteiger partial charge in [0.15, 0.2) is 5.82 Å². The lowest BCUT2D eigenvalue weighted by Crippen LogP contribution is -2.20. The zero-order chi connectivity index (χ0) is 18.6. The van der Waals surface area contributed by atoms with Crippen molar-refractivity contribution in [1.82, 2.24) is 15.0 Å². The van der Waals surface area contributed by atoms with Crippen LogP contribution >= 0.6 is 0 Å². The molecule has 1 aliphatic heterocycles. The molecule has 1 aliphatic rings. The standard InChI is InChI=1S/C22H25N5/c1-16-17(2)25-22(19-10-5-6-12-23-19)26-21(16)24-15-18-9-3-4-11-20(18)27-13-7-8-14-27/h3-6,9-12H,7-8,13-15H2,1-2H3,(H,24,25,26). The lowest BCUT2D eigenvalue weighted by atomic mass is 10.1. The number of rotatable bonds is 5. The molecule has 3 aromatic rings. The van der Waals surface area contributed by atoms with Gasteiger partial charge in [-0.05, 0) is 50.5 Å². The monoisotopic (exact) mass is 359 g/mol. The van der Waals surface area contributed by atoms with E-state index >= 15 is 0 Å². The van der Waals surface area contributed by atoms with Crippen molar-refractivity contribution in [1.29, 1.82) is 0 Å². The van der Waals surface area contributed by atoms with Gasteiger partial charge in [-0.25, -0.2) is 9.97 Å². The summed E-state index contributed by atoms with van der Waals surface area (Å²) in [5.74, 6) is 1.54. The third kappa shape index (κ3) is 3.77. The van der Waals surface area contributed by atoms with Crippen LogP contribution in [0.15, 0.2) is 48.7 Å². The highest BCUT2D eigenvalue weighted by Gasteiger charge is 2.16. The topological polar surface area (TPSA) is 53.9 Å². The SMILES string of the molecule is Cc1nc(-c2ccccn2)nc(NCc2ccccc2N2CCCC2)c1C. The van der Waals surface area contributed by atoms with Crippen LogP contribution in [0.3, 0.4) is 0 Å². The molecule has 1 N–H and O–H groups in total. The predicted molar refractivity (Wildman–Crippen MR) is 110 cm³/mol. The summed E-state index contributed by atoms with van der Waals surface area (Å²) in [6, 6.07) is 14.4. The number of anilines is 2. The first-order valence-electron chi connectivity index (χ1n) is 9.56. The minimum Gasteiger partial charge on any atom is -0.371 e. The molecule has 0 bridgehead atoms. The molecule has 3 heterocycles. The predicted octanol–water partition coefficient (Wildman–Crippen LogP) is 4.37. The summed E-state index contributed by atoms with van der Waals surface area (Å²) in [6.07, 6.45) is 4.33. The molecule has 0 radical (unpaired) electrons. The zero-order valence-electron chi connectivity index (χ0n) is 15.9. The fourth-order valence-corrected chi connectivity index (χ4v) is 3.52. The van der Waals surface area contributed by atoms with Crippen LogP contribution in [0.5, 0.6) is 0 Å². The Balaban J connectivity index is 1.59. The number of pyridine rings is 1. The Hall–Kier alpha value is -2.95. The number of para-hydroxylation sites is 1. The van der Waals surface area contributed by atoms with Crippen molar-refractivity contribution in [3.05, 3.63) is 65.5 Å². The van der Waals surface area contributed by atoms with Crippen molar-refractivity contribution in [2.24, 2.45) is 0 Å². The van der Waals surface area contributed by atoms with E-state index in [1.807, 2.05) is 25.1 Å². The molecule has 5 nitrogen and oxygen atoms in total. The third-order valence-corrected chi connectivity index (χ3v) is 5.17. The molecule has 2 aromatic heterocycles. The Morgan fingerprint density at radius 3 is 2.52 bits per heavy atom. The molecular formula is C22H25N5. The first-order valence-corrected chi connectivity index (χ1v) is 9.56. The van der Waals surface area contributed by atoms with E-state index in [9.17, 15) is 0 Å². The molecule has 0 unspecified atom stereocenters. The summed E-state index contributed by atoms with van der Waals surface area (Å²) in [5.41, 5.74) is 5.47. The molecule has 1 fully saturated rings. The number of nitrogens with zero attached hydrogens (tertiary/aromatic N) is 4. The Morgan fingerprint density at radius 1 is 0.963 bits per heavy atom. The highest BCUT2D eigenvalue weighted by atomic mass is 15.1. The largest absolute Gasteiger partial charge is 0.371 e. The number of benzene rings is 1. The third-order valence-electron chi connectivity index (χ3n) is 5.17. The number of hydrogen-bond donors (Lipinski definition) is 1. The zero-order valence-corrected chi connectivity index (χ0v) is 15.9. The summed E-state index contributed by atoms with van der Waals surface area (Å²) in [4.78, 5) is 16.2. The summed E-state index contributed by atoms with van der Waals surface area (Å²) in [7, 11) is 0. The van der Waals surface area contributed by atoms with Crippen molar-refractivity contribution < 1.29 is 0 Å². The van der Waals surface area contributed by atoms with Gasteiger partial charge in [-0.1, -0.05) is 24.3 Å². The van der Waals surface area contributed by atoms with Crippen LogP contribution in [0, 0.1) is 13.8 Å². The molecule has 27 heavy (non-hydrogen) atoms. The molecule has 0 spiro atoms. The van der Waals surface area contributed by atoms with Gasteiger partial charge < -0.3 is 10.2 Å². The first kappa shape index (κ1) is 17.5. The normalized spacial score (nSPS) is 13.8. The van der Waals surface area contributed by atoms with E-state index < -0.39 is 0 Å². The van der Waals surface area contributed by atoms with E-state index in [2.05, 4.69) is 51.4 Å². The molecular weight excluding hydrogens is 334 g/mol. The van der Waals surface area contributed by atoms with Gasteiger partial charge in [0.2, 0.25) is 0 Å². The molecule has 138 valence electrons. The Labute approximate surface area is 160 Å². The van der Waals surface area contributed by atoms with Gasteiger partial charge in [-0.2, -0.15) is 0 Å². The second-order valence-corrected chi connectivity index (χ2v) is 7.00. The molecule has 1 saturated heterocycles. The molecule has 0 atom stereocenters. The van der Waals surface area contributed by atoms with Crippen LogP contribution in [0.1, 0.15) is 29.7 Å². The van der Waals surface area contributed by atoms with E-state index in [4.69, 9.17) is 4.98 Å². The van der Waals surface area contributed by atoms with Crippen LogP contribution in [-0.2, 0) is 6.54 Å². The van der Waals surface area contributed by atoms with Crippen molar-refractivity contribution in [2.75, 3.05) is 23.3 Å². The molecule has 5 heteroatoms. The average molecular weight is 359 g/mol. The number of nitrogens with one attached hydrogen (secondary N) is 1. The van der Waals surface area contributed by atoms with Crippen LogP contribution in [-0.4, -0.2) is 28.0 Å². The van der Waals surface area contributed by atoms with Crippen molar-refractivity contribution >= 4 is 11.5 Å². The molecule has 0 aliphatic carbocycles. The second-order valence-electron chi connectivity index (χ2n) is 7.00. The lowest BCUT2D eigenvalue weighted by Gasteiger charge is -2.22. The minimum atomic E-state index is 0.661. The van der Waals surface area contributed by atoms with Crippen molar-refractivity contribution in [3.8, 4) is 11.5 Å². The van der Waals surface area contributed by atoms with Gasteiger partial charge in [0.05, 0.1) is 0 Å². The van der Waals surface area contributed by atoms with Crippen LogP contribution in [0.4, 0.5) is 11.5 Å². The molecule has 1 aromatic carbocycles. The molecule has 4 rings (SSSR count). The molecule has 0 amide bonds. The summed E-state index contributed by atoms with van der Waals surface area (Å²) in [6.45, 7) is 7.11. The van der Waals surface area contributed by atoms with E-state index in [0.29, 0.717) is 5.82 Å². The fourth-order valence-electron chi connectivity index (χ4n) is 3.52. The molecule has 0 saturated carbocycles. The van der Waals surface area contributed by atoms with Gasteiger partial charge >= 0.3 is 0 Å². The Kier molecular flexibility index (Phi) is 5.01. The number of hydrogen-bond acceptors (Lipinski definition) is 5. The quantitative estimate of drug-likeness (QED) is 0.733. The van der Waals surface area contributed by atoms with Crippen molar-refractivity contribution in [3.63, 3.8) is 0 Å². The summed E-state index contributed by atoms with van der Waals surface area (Å²) >= 11 is 0. The second kappa shape index (κ2) is 7.74. The van der Waals surface area contributed by atoms with Gasteiger partial charge in [0.1, 0.15) is 11.5 Å². The first-order chi connectivity index (χ1) is 13.2. The highest BCUT2D eigenvalue weighted by molar-refractivity contribution is 5.58. The van der Waals surface area contributed by atoms with E-state index in [-0.39, 0.29) is 0 Å². The van der Waals surface area contributed by atoms with Crippen LogP contribution in [0.25, 0.3) is 11.5 Å². The van der Waals surface area contributed by atoms with Gasteiger partial charge in [0, 0.05) is 42.8 Å². The van der Waals surface area contributed by atoms with Crippen LogP contribution in [0.2, 0.25) is 0 Å². The highest BCUT2D eigenvalue weighted by Crippen LogP contribution is 2.26. The maximum absolute atomic E-state index is 4.75. The minimum absolute atomic E-state index is 0.661. The summed E-state index contributed by atoms with van der Waals surface area (Å²) < 4.78 is 0. The van der Waals surface area contributed by atoms with Crippen molar-refractivity contribution in [2.45, 2.75) is 33.2 Å². The maximum Gasteiger partial charge on any atom is 0.180 e. The van der Waals surface area contributed by atoms with Gasteiger partial charge in [-0.15, -0.1) is 0 Å². The lowest BCUT2D eigenvalue weighted by molar-refractivity contribution is 0.946. The van der Waals surface area contributed by atoms with Crippen LogP contribution < -0.4 is 10.2 Å². The Bertz CT molecular complexity index is 917. The number of aryl methyl sites for hydroxylation is 1. The maximum atomic E-state index is 4.75. The smallest absolute Gasteiger partial charge is 0.180 e. The van der Waals surface area contributed by atoms with E-state index in [1.165, 1.54) is 24.1 Å². The number of aromatic nitrogens is 3. The van der Waals surface area contributed by atoms with E-state index in [0.717, 1.165) is 42.4 Å². The van der Waals surface area contributed by atoms with E-state index in [1.54, 1.807) is 6.20 Å². The fraction of sp³-hybridized carbons (Fsp3) is 0.318. The average Bonchev–Trinajstić information content (AvgIpc) is 3.24.